The Morgan fingerprint density at radius 1 is 1.53 bits per heavy atom. The second-order valence-corrected chi connectivity index (χ2v) is 4.46. The van der Waals surface area contributed by atoms with E-state index in [2.05, 4.69) is 10.7 Å². The van der Waals surface area contributed by atoms with E-state index in [1.54, 1.807) is 11.3 Å². The molecule has 0 bridgehead atoms. The molecule has 1 heterocycles. The van der Waals surface area contributed by atoms with Gasteiger partial charge in [-0.25, -0.2) is 0 Å². The molecule has 1 amide bonds. The Hall–Kier alpha value is -1.16. The zero-order valence-corrected chi connectivity index (χ0v) is 9.76. The van der Waals surface area contributed by atoms with Crippen molar-refractivity contribution in [2.75, 3.05) is 0 Å². The average molecular weight is 225 g/mol. The normalized spacial score (nSPS) is 12.1. The van der Waals surface area contributed by atoms with Crippen molar-refractivity contribution in [2.24, 2.45) is 0 Å². The lowest BCUT2D eigenvalue weighted by Gasteiger charge is -2.12. The molecule has 0 radical (unpaired) electrons. The molecule has 1 rings (SSSR count). The number of amides is 1. The highest BCUT2D eigenvalue weighted by atomic mass is 32.1. The Balaban J connectivity index is 2.32. The first kappa shape index (κ1) is 11.9. The quantitative estimate of drug-likeness (QED) is 0.776. The fourth-order valence-corrected chi connectivity index (χ4v) is 2.05. The van der Waals surface area contributed by atoms with E-state index in [4.69, 9.17) is 0 Å². The van der Waals surface area contributed by atoms with Crippen LogP contribution in [0.2, 0.25) is 0 Å². The van der Waals surface area contributed by atoms with Crippen molar-refractivity contribution in [3.8, 4) is 0 Å². The van der Waals surface area contributed by atoms with E-state index in [1.807, 2.05) is 18.4 Å². The van der Waals surface area contributed by atoms with Crippen LogP contribution in [0, 0.1) is 0 Å². The van der Waals surface area contributed by atoms with Gasteiger partial charge in [0, 0.05) is 6.04 Å². The van der Waals surface area contributed by atoms with Crippen molar-refractivity contribution in [1.29, 1.82) is 0 Å². The number of nitrogens with one attached hydrogen (secondary N) is 1. The van der Waals surface area contributed by atoms with E-state index in [0.29, 0.717) is 0 Å². The molecule has 4 heteroatoms. The van der Waals surface area contributed by atoms with Gasteiger partial charge in [-0.2, -0.15) is 11.3 Å². The third-order valence-electron chi connectivity index (χ3n) is 1.94. The first-order valence-corrected chi connectivity index (χ1v) is 5.82. The van der Waals surface area contributed by atoms with Crippen LogP contribution in [-0.2, 0) is 16.0 Å². The molecular formula is C11H15NO2S. The van der Waals surface area contributed by atoms with Gasteiger partial charge in [0.05, 0.1) is 6.42 Å². The lowest BCUT2D eigenvalue weighted by Crippen LogP contribution is -2.34. The van der Waals surface area contributed by atoms with Gasteiger partial charge in [-0.15, -0.1) is 0 Å². The summed E-state index contributed by atoms with van der Waals surface area (Å²) in [5.74, 6) is -0.291. The molecule has 0 saturated heterocycles. The summed E-state index contributed by atoms with van der Waals surface area (Å²) in [5, 5.41) is 6.87. The molecule has 0 aliphatic heterocycles. The molecule has 0 aliphatic rings. The molecule has 1 atom stereocenters. The Bertz CT molecular complexity index is 332. The lowest BCUT2D eigenvalue weighted by atomic mass is 10.1. The largest absolute Gasteiger partial charge is 0.353 e. The van der Waals surface area contributed by atoms with Crippen LogP contribution in [0.4, 0.5) is 0 Å². The number of Topliss-reactive ketones (excluding diaryl/α,β-unsaturated/α-hetero) is 1. The molecule has 0 aromatic carbocycles. The van der Waals surface area contributed by atoms with Crippen molar-refractivity contribution < 1.29 is 9.59 Å². The zero-order valence-electron chi connectivity index (χ0n) is 8.95. The van der Waals surface area contributed by atoms with E-state index < -0.39 is 0 Å². The van der Waals surface area contributed by atoms with Crippen molar-refractivity contribution in [3.05, 3.63) is 22.4 Å². The predicted octanol–water partition coefficient (Wildman–Crippen LogP) is 1.77. The van der Waals surface area contributed by atoms with Gasteiger partial charge in [0.1, 0.15) is 5.78 Å². The third kappa shape index (κ3) is 4.74. The van der Waals surface area contributed by atoms with Crippen molar-refractivity contribution in [1.82, 2.24) is 5.32 Å². The number of ketones is 1. The highest BCUT2D eigenvalue weighted by molar-refractivity contribution is 7.07. The van der Waals surface area contributed by atoms with E-state index in [0.717, 1.165) is 6.42 Å². The number of hydrogen-bond donors (Lipinski definition) is 1. The summed E-state index contributed by atoms with van der Waals surface area (Å²) in [7, 11) is 0. The maximum Gasteiger partial charge on any atom is 0.227 e. The molecule has 0 spiro atoms. The van der Waals surface area contributed by atoms with Gasteiger partial charge in [0.25, 0.3) is 0 Å². The maximum atomic E-state index is 11.3. The van der Waals surface area contributed by atoms with Crippen molar-refractivity contribution in [3.63, 3.8) is 0 Å². The Labute approximate surface area is 93.5 Å². The molecule has 3 nitrogen and oxygen atoms in total. The molecule has 82 valence electrons. The maximum absolute atomic E-state index is 11.3. The smallest absolute Gasteiger partial charge is 0.227 e. The minimum atomic E-state index is -0.190. The molecule has 1 N–H and O–H groups in total. The molecule has 1 unspecified atom stereocenters. The third-order valence-corrected chi connectivity index (χ3v) is 2.67. The number of carbonyl (C=O) groups excluding carboxylic acids is 2. The zero-order chi connectivity index (χ0) is 11.3. The SMILES string of the molecule is CC(=O)CC(=O)NC(C)Cc1ccsc1. The lowest BCUT2D eigenvalue weighted by molar-refractivity contribution is -0.127. The topological polar surface area (TPSA) is 46.2 Å². The number of hydrogen-bond acceptors (Lipinski definition) is 3. The average Bonchev–Trinajstić information content (AvgIpc) is 2.53. The summed E-state index contributed by atoms with van der Waals surface area (Å²) >= 11 is 1.64. The van der Waals surface area contributed by atoms with Gasteiger partial charge in [0.2, 0.25) is 5.91 Å². The van der Waals surface area contributed by atoms with Crippen LogP contribution in [0.3, 0.4) is 0 Å². The first-order chi connectivity index (χ1) is 7.08. The summed E-state index contributed by atoms with van der Waals surface area (Å²) in [6.07, 6.45) is 0.793. The Kier molecular flexibility index (Phi) is 4.49. The summed E-state index contributed by atoms with van der Waals surface area (Å²) in [6.45, 7) is 3.36. The van der Waals surface area contributed by atoms with E-state index in [-0.39, 0.29) is 24.2 Å². The van der Waals surface area contributed by atoms with Gasteiger partial charge < -0.3 is 5.32 Å². The summed E-state index contributed by atoms with van der Waals surface area (Å²) < 4.78 is 0. The van der Waals surface area contributed by atoms with Crippen molar-refractivity contribution >= 4 is 23.0 Å². The number of rotatable bonds is 5. The molecule has 1 aromatic heterocycles. The summed E-state index contributed by atoms with van der Waals surface area (Å²) in [6, 6.07) is 2.12. The fourth-order valence-electron chi connectivity index (χ4n) is 1.37. The van der Waals surface area contributed by atoms with Gasteiger partial charge in [0.15, 0.2) is 0 Å². The minimum Gasteiger partial charge on any atom is -0.353 e. The molecule has 0 saturated carbocycles. The van der Waals surface area contributed by atoms with Crippen LogP contribution in [0.15, 0.2) is 16.8 Å². The van der Waals surface area contributed by atoms with Crippen LogP contribution in [0.25, 0.3) is 0 Å². The highest BCUT2D eigenvalue weighted by Gasteiger charge is 2.09. The van der Waals surface area contributed by atoms with Crippen LogP contribution in [0.5, 0.6) is 0 Å². The predicted molar refractivity (Wildman–Crippen MR) is 60.9 cm³/mol. The van der Waals surface area contributed by atoms with Gasteiger partial charge in [-0.1, -0.05) is 0 Å². The van der Waals surface area contributed by atoms with Gasteiger partial charge in [-0.3, -0.25) is 9.59 Å². The summed E-state index contributed by atoms with van der Waals surface area (Å²) in [4.78, 5) is 22.0. The Morgan fingerprint density at radius 3 is 2.80 bits per heavy atom. The second-order valence-electron chi connectivity index (χ2n) is 3.68. The standard InChI is InChI=1S/C11H15NO2S/c1-8(5-10-3-4-15-7-10)12-11(14)6-9(2)13/h3-4,7-8H,5-6H2,1-2H3,(H,12,14). The van der Waals surface area contributed by atoms with E-state index in [1.165, 1.54) is 12.5 Å². The molecule has 15 heavy (non-hydrogen) atoms. The van der Waals surface area contributed by atoms with Crippen LogP contribution < -0.4 is 5.32 Å². The monoisotopic (exact) mass is 225 g/mol. The van der Waals surface area contributed by atoms with Crippen LogP contribution >= 0.6 is 11.3 Å². The van der Waals surface area contributed by atoms with Crippen LogP contribution in [0.1, 0.15) is 25.8 Å². The molecule has 1 aromatic rings. The first-order valence-electron chi connectivity index (χ1n) is 4.88. The van der Waals surface area contributed by atoms with E-state index in [9.17, 15) is 9.59 Å². The van der Waals surface area contributed by atoms with Crippen molar-refractivity contribution in [2.45, 2.75) is 32.7 Å². The Morgan fingerprint density at radius 2 is 2.27 bits per heavy atom. The fraction of sp³-hybridized carbons (Fsp3) is 0.455. The second kappa shape index (κ2) is 5.66. The van der Waals surface area contributed by atoms with E-state index >= 15 is 0 Å². The minimum absolute atomic E-state index is 0.0199. The summed E-state index contributed by atoms with van der Waals surface area (Å²) in [5.41, 5.74) is 1.22. The molecular weight excluding hydrogens is 210 g/mol. The van der Waals surface area contributed by atoms with Gasteiger partial charge in [-0.05, 0) is 42.7 Å². The molecule has 0 aliphatic carbocycles. The molecule has 0 fully saturated rings. The highest BCUT2D eigenvalue weighted by Crippen LogP contribution is 2.08. The van der Waals surface area contributed by atoms with Gasteiger partial charge >= 0.3 is 0 Å². The number of carbonyl (C=O) groups is 2. The van der Waals surface area contributed by atoms with Crippen LogP contribution in [-0.4, -0.2) is 17.7 Å². The number of thiophene rings is 1.